The molecule has 8 nitrogen and oxygen atoms in total. The maximum atomic E-state index is 4.41. The van der Waals surface area contributed by atoms with E-state index >= 15 is 0 Å². The van der Waals surface area contributed by atoms with Crippen molar-refractivity contribution in [3.63, 3.8) is 0 Å². The van der Waals surface area contributed by atoms with Gasteiger partial charge < -0.3 is 10.6 Å². The molecule has 0 bridgehead atoms. The van der Waals surface area contributed by atoms with E-state index in [0.29, 0.717) is 23.9 Å². The van der Waals surface area contributed by atoms with Crippen LogP contribution >= 0.6 is 0 Å². The first-order valence-corrected chi connectivity index (χ1v) is 7.36. The standard InChI is InChI=1S/C13H20N8/c1-3-15-11-18-12(17-9(2)6-10-4-5-10)20-13(19-11)21-8-14-7-16-21/h7-10H,3-6H2,1-2H3,(H2,15,17,18,19,20). The molecule has 8 heteroatoms. The molecule has 1 atom stereocenters. The average molecular weight is 288 g/mol. The van der Waals surface area contributed by atoms with Crippen LogP contribution in [-0.4, -0.2) is 42.3 Å². The van der Waals surface area contributed by atoms with Crippen LogP contribution in [0.15, 0.2) is 12.7 Å². The van der Waals surface area contributed by atoms with Gasteiger partial charge in [0.15, 0.2) is 0 Å². The van der Waals surface area contributed by atoms with Crippen molar-refractivity contribution in [2.24, 2.45) is 5.92 Å². The molecule has 0 aliphatic heterocycles. The summed E-state index contributed by atoms with van der Waals surface area (Å²) in [5, 5.41) is 10.5. The highest BCUT2D eigenvalue weighted by atomic mass is 15.4. The summed E-state index contributed by atoms with van der Waals surface area (Å²) >= 11 is 0. The van der Waals surface area contributed by atoms with E-state index in [-0.39, 0.29) is 0 Å². The molecule has 2 heterocycles. The Kier molecular flexibility index (Phi) is 3.94. The molecule has 1 fully saturated rings. The number of hydrogen-bond donors (Lipinski definition) is 2. The second-order valence-corrected chi connectivity index (χ2v) is 5.38. The Morgan fingerprint density at radius 2 is 2.10 bits per heavy atom. The summed E-state index contributed by atoms with van der Waals surface area (Å²) in [6, 6.07) is 0.345. The first-order valence-electron chi connectivity index (χ1n) is 7.36. The Morgan fingerprint density at radius 1 is 1.29 bits per heavy atom. The van der Waals surface area contributed by atoms with Gasteiger partial charge in [0.25, 0.3) is 5.95 Å². The molecule has 1 aliphatic carbocycles. The van der Waals surface area contributed by atoms with Crippen LogP contribution < -0.4 is 10.6 Å². The highest BCUT2D eigenvalue weighted by Gasteiger charge is 2.24. The number of aromatic nitrogens is 6. The molecule has 2 aromatic heterocycles. The zero-order chi connectivity index (χ0) is 14.7. The summed E-state index contributed by atoms with van der Waals surface area (Å²) in [5.74, 6) is 2.43. The largest absolute Gasteiger partial charge is 0.354 e. The molecule has 0 radical (unpaired) electrons. The van der Waals surface area contributed by atoms with Crippen molar-refractivity contribution >= 4 is 11.9 Å². The van der Waals surface area contributed by atoms with Crippen LogP contribution in [0.1, 0.15) is 33.1 Å². The third kappa shape index (κ3) is 3.65. The maximum Gasteiger partial charge on any atom is 0.258 e. The second kappa shape index (κ2) is 6.02. The fraction of sp³-hybridized carbons (Fsp3) is 0.615. The molecule has 2 N–H and O–H groups in total. The van der Waals surface area contributed by atoms with Crippen LogP contribution in [0.2, 0.25) is 0 Å². The van der Waals surface area contributed by atoms with Crippen LogP contribution in [0, 0.1) is 5.92 Å². The van der Waals surface area contributed by atoms with Gasteiger partial charge in [0.2, 0.25) is 11.9 Å². The van der Waals surface area contributed by atoms with Crippen LogP contribution in [0.4, 0.5) is 11.9 Å². The fourth-order valence-corrected chi connectivity index (χ4v) is 2.21. The van der Waals surface area contributed by atoms with Gasteiger partial charge in [-0.2, -0.15) is 24.7 Å². The Morgan fingerprint density at radius 3 is 2.76 bits per heavy atom. The predicted molar refractivity (Wildman–Crippen MR) is 79.3 cm³/mol. The lowest BCUT2D eigenvalue weighted by Crippen LogP contribution is -2.20. The smallest absolute Gasteiger partial charge is 0.258 e. The van der Waals surface area contributed by atoms with E-state index in [9.17, 15) is 0 Å². The third-order valence-electron chi connectivity index (χ3n) is 3.34. The van der Waals surface area contributed by atoms with E-state index < -0.39 is 0 Å². The van der Waals surface area contributed by atoms with Crippen LogP contribution in [0.5, 0.6) is 0 Å². The Bertz CT molecular complexity index is 578. The number of nitrogens with one attached hydrogen (secondary N) is 2. The zero-order valence-electron chi connectivity index (χ0n) is 12.3. The summed E-state index contributed by atoms with van der Waals surface area (Å²) in [6.45, 7) is 4.91. The summed E-state index contributed by atoms with van der Waals surface area (Å²) in [6.07, 6.45) is 6.87. The van der Waals surface area contributed by atoms with Crippen molar-refractivity contribution in [2.45, 2.75) is 39.2 Å². The highest BCUT2D eigenvalue weighted by molar-refractivity contribution is 5.38. The van der Waals surface area contributed by atoms with Gasteiger partial charge in [-0.1, -0.05) is 12.8 Å². The van der Waals surface area contributed by atoms with Crippen molar-refractivity contribution in [2.75, 3.05) is 17.2 Å². The van der Waals surface area contributed by atoms with Crippen LogP contribution in [-0.2, 0) is 0 Å². The first-order chi connectivity index (χ1) is 10.2. The molecule has 112 valence electrons. The molecule has 0 saturated heterocycles. The van der Waals surface area contributed by atoms with Gasteiger partial charge in [-0.05, 0) is 26.2 Å². The number of rotatable bonds is 7. The van der Waals surface area contributed by atoms with Crippen molar-refractivity contribution in [3.8, 4) is 5.95 Å². The molecule has 1 saturated carbocycles. The van der Waals surface area contributed by atoms with E-state index in [1.807, 2.05) is 6.92 Å². The van der Waals surface area contributed by atoms with Gasteiger partial charge in [0, 0.05) is 12.6 Å². The highest BCUT2D eigenvalue weighted by Crippen LogP contribution is 2.33. The minimum atomic E-state index is 0.345. The topological polar surface area (TPSA) is 93.4 Å². The SMILES string of the molecule is CCNc1nc(NC(C)CC2CC2)nc(-n2cncn2)n1. The monoisotopic (exact) mass is 288 g/mol. The van der Waals surface area contributed by atoms with E-state index in [1.165, 1.54) is 23.9 Å². The fourth-order valence-electron chi connectivity index (χ4n) is 2.21. The quantitative estimate of drug-likeness (QED) is 0.797. The molecule has 0 spiro atoms. The molecule has 1 unspecified atom stereocenters. The predicted octanol–water partition coefficient (Wildman–Crippen LogP) is 1.48. The van der Waals surface area contributed by atoms with Crippen LogP contribution in [0.25, 0.3) is 5.95 Å². The second-order valence-electron chi connectivity index (χ2n) is 5.38. The number of hydrogen-bond acceptors (Lipinski definition) is 7. The van der Waals surface area contributed by atoms with Gasteiger partial charge in [-0.3, -0.25) is 0 Å². The van der Waals surface area contributed by atoms with Gasteiger partial charge >= 0.3 is 0 Å². The zero-order valence-corrected chi connectivity index (χ0v) is 12.3. The van der Waals surface area contributed by atoms with Crippen molar-refractivity contribution < 1.29 is 0 Å². The maximum absolute atomic E-state index is 4.41. The lowest BCUT2D eigenvalue weighted by molar-refractivity contribution is 0.636. The minimum Gasteiger partial charge on any atom is -0.354 e. The third-order valence-corrected chi connectivity index (χ3v) is 3.34. The first kappa shape index (κ1) is 13.7. The lowest BCUT2D eigenvalue weighted by atomic mass is 10.2. The number of anilines is 2. The van der Waals surface area contributed by atoms with Crippen molar-refractivity contribution in [1.82, 2.24) is 29.7 Å². The number of nitrogens with zero attached hydrogens (tertiary/aromatic N) is 6. The Hall–Kier alpha value is -2.25. The molecule has 0 aromatic carbocycles. The molecule has 3 rings (SSSR count). The van der Waals surface area contributed by atoms with E-state index in [2.05, 4.69) is 42.6 Å². The molecule has 21 heavy (non-hydrogen) atoms. The lowest BCUT2D eigenvalue weighted by Gasteiger charge is -2.14. The van der Waals surface area contributed by atoms with Crippen molar-refractivity contribution in [1.29, 1.82) is 0 Å². The van der Waals surface area contributed by atoms with E-state index in [4.69, 9.17) is 0 Å². The van der Waals surface area contributed by atoms with Gasteiger partial charge in [-0.25, -0.2) is 4.98 Å². The Labute approximate surface area is 123 Å². The molecular weight excluding hydrogens is 268 g/mol. The van der Waals surface area contributed by atoms with Crippen LogP contribution in [0.3, 0.4) is 0 Å². The average Bonchev–Trinajstić information content (AvgIpc) is 3.08. The van der Waals surface area contributed by atoms with E-state index in [0.717, 1.165) is 18.9 Å². The molecule has 0 amide bonds. The van der Waals surface area contributed by atoms with E-state index in [1.54, 1.807) is 6.33 Å². The Balaban J connectivity index is 1.80. The van der Waals surface area contributed by atoms with Crippen molar-refractivity contribution in [3.05, 3.63) is 12.7 Å². The minimum absolute atomic E-state index is 0.345. The van der Waals surface area contributed by atoms with Gasteiger partial charge in [-0.15, -0.1) is 0 Å². The molecule has 2 aromatic rings. The van der Waals surface area contributed by atoms with Gasteiger partial charge in [0.1, 0.15) is 12.7 Å². The summed E-state index contributed by atoms with van der Waals surface area (Å²) in [7, 11) is 0. The normalized spacial score (nSPS) is 15.7. The van der Waals surface area contributed by atoms with Gasteiger partial charge in [0.05, 0.1) is 0 Å². The molecule has 1 aliphatic rings. The summed E-state index contributed by atoms with van der Waals surface area (Å²) in [5.41, 5.74) is 0. The molecular formula is C13H20N8. The summed E-state index contributed by atoms with van der Waals surface area (Å²) in [4.78, 5) is 17.1. The summed E-state index contributed by atoms with van der Waals surface area (Å²) < 4.78 is 1.53.